The van der Waals surface area contributed by atoms with E-state index < -0.39 is 17.7 Å². The lowest BCUT2D eigenvalue weighted by molar-refractivity contribution is -0.120. The van der Waals surface area contributed by atoms with Crippen molar-refractivity contribution < 1.29 is 23.5 Å². The smallest absolute Gasteiger partial charge is 0.362 e. The van der Waals surface area contributed by atoms with Crippen LogP contribution in [0.3, 0.4) is 0 Å². The third kappa shape index (κ3) is 5.60. The van der Waals surface area contributed by atoms with Gasteiger partial charge in [0.2, 0.25) is 5.91 Å². The van der Waals surface area contributed by atoms with Crippen LogP contribution >= 0.6 is 11.6 Å². The molecule has 3 N–H and O–H groups in total. The molecule has 1 saturated carbocycles. The van der Waals surface area contributed by atoms with Crippen molar-refractivity contribution in [3.63, 3.8) is 0 Å². The van der Waals surface area contributed by atoms with Gasteiger partial charge in [0.1, 0.15) is 11.6 Å². The Kier molecular flexibility index (Phi) is 7.22. The number of carbonyl (C=O) groups excluding carboxylic acids is 3. The molecule has 0 aliphatic heterocycles. The van der Waals surface area contributed by atoms with E-state index in [1.54, 1.807) is 30.3 Å². The Morgan fingerprint density at radius 3 is 2.50 bits per heavy atom. The molecule has 10 heteroatoms. The van der Waals surface area contributed by atoms with Crippen molar-refractivity contribution in [1.82, 2.24) is 15.3 Å². The van der Waals surface area contributed by atoms with E-state index in [-0.39, 0.29) is 34.3 Å². The number of anilines is 1. The van der Waals surface area contributed by atoms with Gasteiger partial charge in [0, 0.05) is 12.0 Å². The van der Waals surface area contributed by atoms with Gasteiger partial charge >= 0.3 is 5.97 Å². The summed E-state index contributed by atoms with van der Waals surface area (Å²) in [7, 11) is 0. The van der Waals surface area contributed by atoms with Gasteiger partial charge in [-0.15, -0.1) is 0 Å². The number of hydrogen-bond donors (Lipinski definition) is 3. The highest BCUT2D eigenvalue weighted by Gasteiger charge is 2.29. The van der Waals surface area contributed by atoms with Gasteiger partial charge in [-0.05, 0) is 56.0 Å². The van der Waals surface area contributed by atoms with Crippen LogP contribution in [-0.4, -0.2) is 33.8 Å². The molecule has 1 aliphatic rings. The summed E-state index contributed by atoms with van der Waals surface area (Å²) in [6.45, 7) is 0. The van der Waals surface area contributed by atoms with Crippen LogP contribution in [0, 0.1) is 11.7 Å². The maximum atomic E-state index is 13.2. The average Bonchev–Trinajstić information content (AvgIpc) is 3.32. The summed E-state index contributed by atoms with van der Waals surface area (Å²) in [5.74, 6) is -1.78. The Morgan fingerprint density at radius 2 is 1.79 bits per heavy atom. The molecular formula is C24H22ClFN4O4. The number of H-pyrrole nitrogens is 1. The zero-order chi connectivity index (χ0) is 24.1. The molecule has 1 aliphatic carbocycles. The molecule has 0 radical (unpaired) electrons. The van der Waals surface area contributed by atoms with E-state index in [0.29, 0.717) is 37.1 Å². The molecule has 1 fully saturated rings. The topological polar surface area (TPSA) is 113 Å². The Labute approximate surface area is 199 Å². The highest BCUT2D eigenvalue weighted by atomic mass is 35.5. The van der Waals surface area contributed by atoms with Gasteiger partial charge < -0.3 is 20.4 Å². The zero-order valence-electron chi connectivity index (χ0n) is 18.0. The molecule has 2 amide bonds. The predicted molar refractivity (Wildman–Crippen MR) is 123 cm³/mol. The average molecular weight is 485 g/mol. The first-order chi connectivity index (χ1) is 16.4. The fourth-order valence-electron chi connectivity index (χ4n) is 3.85. The van der Waals surface area contributed by atoms with Gasteiger partial charge in [0.05, 0.1) is 17.0 Å². The summed E-state index contributed by atoms with van der Waals surface area (Å²) in [5.41, 5.74) is 0.272. The predicted octanol–water partition coefficient (Wildman–Crippen LogP) is 4.35. The van der Waals surface area contributed by atoms with Gasteiger partial charge in [0.15, 0.2) is 11.4 Å². The largest absolute Gasteiger partial charge is 0.422 e. The number of imidazole rings is 1. The van der Waals surface area contributed by atoms with E-state index in [1.807, 2.05) is 0 Å². The fourth-order valence-corrected chi connectivity index (χ4v) is 4.06. The third-order valence-electron chi connectivity index (χ3n) is 5.63. The molecule has 0 spiro atoms. The molecule has 1 heterocycles. The first-order valence-electron chi connectivity index (χ1n) is 10.8. The molecule has 34 heavy (non-hydrogen) atoms. The van der Waals surface area contributed by atoms with Gasteiger partial charge in [-0.2, -0.15) is 0 Å². The van der Waals surface area contributed by atoms with Gasteiger partial charge in [-0.1, -0.05) is 29.8 Å². The molecule has 0 bridgehead atoms. The van der Waals surface area contributed by atoms with Gasteiger partial charge in [-0.25, -0.2) is 14.2 Å². The van der Waals surface area contributed by atoms with Crippen LogP contribution in [0.5, 0.6) is 5.75 Å². The third-order valence-corrected chi connectivity index (χ3v) is 5.95. The molecule has 0 atom stereocenters. The zero-order valence-corrected chi connectivity index (χ0v) is 18.8. The first kappa shape index (κ1) is 23.4. The van der Waals surface area contributed by atoms with Crippen molar-refractivity contribution in [2.24, 2.45) is 5.92 Å². The number of hydrogen-bond acceptors (Lipinski definition) is 5. The molecular weight excluding hydrogens is 463 g/mol. The minimum atomic E-state index is -0.714. The maximum Gasteiger partial charge on any atom is 0.362 e. The number of halogens is 2. The van der Waals surface area contributed by atoms with Crippen LogP contribution < -0.4 is 15.4 Å². The Balaban J connectivity index is 1.30. The number of aromatic amines is 1. The summed E-state index contributed by atoms with van der Waals surface area (Å²) in [4.78, 5) is 44.4. The number of esters is 1. The number of nitrogens with one attached hydrogen (secondary N) is 3. The van der Waals surface area contributed by atoms with Crippen LogP contribution in [0.25, 0.3) is 0 Å². The van der Waals surface area contributed by atoms with E-state index >= 15 is 0 Å². The Hall–Kier alpha value is -3.72. The first-order valence-corrected chi connectivity index (χ1v) is 11.2. The highest BCUT2D eigenvalue weighted by Crippen LogP contribution is 2.28. The molecule has 176 valence electrons. The Bertz CT molecular complexity index is 1190. The normalized spacial score (nSPS) is 17.6. The lowest BCUT2D eigenvalue weighted by Crippen LogP contribution is -2.40. The molecule has 4 rings (SSSR count). The van der Waals surface area contributed by atoms with Crippen LogP contribution in [0.15, 0.2) is 54.9 Å². The number of benzene rings is 2. The quantitative estimate of drug-likeness (QED) is 0.355. The lowest BCUT2D eigenvalue weighted by Gasteiger charge is -2.28. The summed E-state index contributed by atoms with van der Waals surface area (Å²) in [6, 6.07) is 12.1. The minimum Gasteiger partial charge on any atom is -0.422 e. The minimum absolute atomic E-state index is 0.0365. The van der Waals surface area contributed by atoms with Crippen molar-refractivity contribution in [3.05, 3.63) is 77.1 Å². The summed E-state index contributed by atoms with van der Waals surface area (Å²) < 4.78 is 18.5. The second-order valence-corrected chi connectivity index (χ2v) is 8.37. The molecule has 8 nitrogen and oxygen atoms in total. The second kappa shape index (κ2) is 10.5. The molecule has 3 aromatic rings. The monoisotopic (exact) mass is 484 g/mol. The van der Waals surface area contributed by atoms with Gasteiger partial charge in [-0.3, -0.25) is 9.59 Å². The maximum absolute atomic E-state index is 13.2. The Morgan fingerprint density at radius 1 is 1.06 bits per heavy atom. The standard InChI is InChI=1S/C24H22ClFN4O4/c25-18-12-15(26)8-11-19(18)30-22(31)14-6-9-16(10-7-14)29-23(32)20-21(28-13-27-20)24(33)34-17-4-2-1-3-5-17/h1-5,8,11-14,16H,6-7,9-10H2,(H,27,28)(H,29,32)(H,30,31). The van der Waals surface area contributed by atoms with Crippen LogP contribution in [0.1, 0.15) is 46.7 Å². The summed E-state index contributed by atoms with van der Waals surface area (Å²) in [5, 5.41) is 5.75. The van der Waals surface area contributed by atoms with Crippen LogP contribution in [0.2, 0.25) is 5.02 Å². The summed E-state index contributed by atoms with van der Waals surface area (Å²) in [6.07, 6.45) is 3.53. The number of aromatic nitrogens is 2. The molecule has 0 unspecified atom stereocenters. The fraction of sp³-hybridized carbons (Fsp3) is 0.250. The van der Waals surface area contributed by atoms with E-state index in [9.17, 15) is 18.8 Å². The number of amides is 2. The molecule has 2 aromatic carbocycles. The number of nitrogens with zero attached hydrogens (tertiary/aromatic N) is 1. The van der Waals surface area contributed by atoms with Crippen molar-refractivity contribution in [1.29, 1.82) is 0 Å². The summed E-state index contributed by atoms with van der Waals surface area (Å²) >= 11 is 5.98. The number of carbonyl (C=O) groups is 3. The lowest BCUT2D eigenvalue weighted by atomic mass is 9.85. The number of ether oxygens (including phenoxy) is 1. The number of para-hydroxylation sites is 1. The van der Waals surface area contributed by atoms with Gasteiger partial charge in [0.25, 0.3) is 5.91 Å². The van der Waals surface area contributed by atoms with Crippen molar-refractivity contribution in [3.8, 4) is 5.75 Å². The van der Waals surface area contributed by atoms with E-state index in [2.05, 4.69) is 20.6 Å². The molecule has 0 saturated heterocycles. The van der Waals surface area contributed by atoms with Crippen LogP contribution in [0.4, 0.5) is 10.1 Å². The SMILES string of the molecule is O=C(NC1CCC(C(=O)Nc2ccc(F)cc2Cl)CC1)c1nc[nH]c1C(=O)Oc1ccccc1. The van der Waals surface area contributed by atoms with Crippen LogP contribution in [-0.2, 0) is 4.79 Å². The van der Waals surface area contributed by atoms with E-state index in [4.69, 9.17) is 16.3 Å². The van der Waals surface area contributed by atoms with Crippen molar-refractivity contribution in [2.45, 2.75) is 31.7 Å². The van der Waals surface area contributed by atoms with Crippen molar-refractivity contribution >= 4 is 35.1 Å². The van der Waals surface area contributed by atoms with Crippen molar-refractivity contribution in [2.75, 3.05) is 5.32 Å². The highest BCUT2D eigenvalue weighted by molar-refractivity contribution is 6.33. The van der Waals surface area contributed by atoms with E-state index in [1.165, 1.54) is 18.5 Å². The van der Waals surface area contributed by atoms with E-state index in [0.717, 1.165) is 6.07 Å². The second-order valence-electron chi connectivity index (χ2n) is 7.96. The number of rotatable bonds is 6. The molecule has 1 aromatic heterocycles.